The van der Waals surface area contributed by atoms with Crippen LogP contribution in [0.3, 0.4) is 0 Å². The van der Waals surface area contributed by atoms with Crippen LogP contribution in [-0.2, 0) is 4.79 Å². The molecule has 2 aromatic rings. The summed E-state index contributed by atoms with van der Waals surface area (Å²) in [7, 11) is 0. The minimum absolute atomic E-state index is 0.0223. The molecule has 138 valence electrons. The number of carbonyl (C=O) groups excluding carboxylic acids is 2. The molecule has 2 heterocycles. The SMILES string of the molecule is O=C(CCOc1cccc(Br)c1)NC1CCN(C(=O)c2ccoc2)CC1. The zero-order valence-electron chi connectivity index (χ0n) is 14.3. The molecule has 1 aromatic carbocycles. The van der Waals surface area contributed by atoms with Gasteiger partial charge in [0, 0.05) is 23.6 Å². The van der Waals surface area contributed by atoms with Crippen LogP contribution in [-0.4, -0.2) is 42.5 Å². The maximum Gasteiger partial charge on any atom is 0.257 e. The third-order valence-corrected chi connectivity index (χ3v) is 4.80. The smallest absolute Gasteiger partial charge is 0.257 e. The van der Waals surface area contributed by atoms with Crippen LogP contribution >= 0.6 is 15.9 Å². The Labute approximate surface area is 160 Å². The highest BCUT2D eigenvalue weighted by Gasteiger charge is 2.24. The van der Waals surface area contributed by atoms with E-state index in [1.165, 1.54) is 12.5 Å². The highest BCUT2D eigenvalue weighted by molar-refractivity contribution is 9.10. The van der Waals surface area contributed by atoms with E-state index < -0.39 is 0 Å². The first-order valence-corrected chi connectivity index (χ1v) is 9.40. The second kappa shape index (κ2) is 8.89. The Balaban J connectivity index is 1.36. The Hall–Kier alpha value is -2.28. The average molecular weight is 421 g/mol. The summed E-state index contributed by atoms with van der Waals surface area (Å²) in [5.74, 6) is 0.684. The number of hydrogen-bond acceptors (Lipinski definition) is 4. The number of furan rings is 1. The lowest BCUT2D eigenvalue weighted by Gasteiger charge is -2.32. The summed E-state index contributed by atoms with van der Waals surface area (Å²) in [4.78, 5) is 26.1. The molecule has 6 nitrogen and oxygen atoms in total. The number of piperidine rings is 1. The third-order valence-electron chi connectivity index (χ3n) is 4.31. The summed E-state index contributed by atoms with van der Waals surface area (Å²) in [5, 5.41) is 3.03. The van der Waals surface area contributed by atoms with Crippen molar-refractivity contribution < 1.29 is 18.7 Å². The van der Waals surface area contributed by atoms with E-state index in [1.807, 2.05) is 24.3 Å². The summed E-state index contributed by atoms with van der Waals surface area (Å²) < 4.78 is 11.5. The Morgan fingerprint density at radius 1 is 1.27 bits per heavy atom. The van der Waals surface area contributed by atoms with Gasteiger partial charge in [-0.15, -0.1) is 0 Å². The van der Waals surface area contributed by atoms with Crippen LogP contribution in [0, 0.1) is 0 Å². The normalized spacial score (nSPS) is 14.9. The topological polar surface area (TPSA) is 71.8 Å². The van der Waals surface area contributed by atoms with Gasteiger partial charge in [0.2, 0.25) is 5.91 Å². The van der Waals surface area contributed by atoms with Gasteiger partial charge in [0.1, 0.15) is 12.0 Å². The number of hydrogen-bond donors (Lipinski definition) is 1. The summed E-state index contributed by atoms with van der Waals surface area (Å²) in [6.45, 7) is 1.59. The van der Waals surface area contributed by atoms with Crippen LogP contribution in [0.1, 0.15) is 29.6 Å². The molecule has 1 aromatic heterocycles. The first-order valence-electron chi connectivity index (χ1n) is 8.61. The number of likely N-dealkylation sites (tertiary alicyclic amines) is 1. The minimum Gasteiger partial charge on any atom is -0.493 e. The molecule has 1 aliphatic heterocycles. The zero-order valence-corrected chi connectivity index (χ0v) is 15.9. The number of ether oxygens (including phenoxy) is 1. The number of nitrogens with zero attached hydrogens (tertiary/aromatic N) is 1. The molecule has 1 aliphatic rings. The van der Waals surface area contributed by atoms with Crippen molar-refractivity contribution in [2.24, 2.45) is 0 Å². The highest BCUT2D eigenvalue weighted by Crippen LogP contribution is 2.18. The molecule has 0 radical (unpaired) electrons. The Morgan fingerprint density at radius 3 is 2.77 bits per heavy atom. The van der Waals surface area contributed by atoms with E-state index >= 15 is 0 Å². The van der Waals surface area contributed by atoms with Crippen LogP contribution < -0.4 is 10.1 Å². The van der Waals surface area contributed by atoms with Crippen molar-refractivity contribution in [2.75, 3.05) is 19.7 Å². The molecule has 0 bridgehead atoms. The maximum absolute atomic E-state index is 12.2. The van der Waals surface area contributed by atoms with Crippen LogP contribution in [0.2, 0.25) is 0 Å². The molecular weight excluding hydrogens is 400 g/mol. The average Bonchev–Trinajstić information content (AvgIpc) is 3.16. The number of benzene rings is 1. The van der Waals surface area contributed by atoms with Gasteiger partial charge >= 0.3 is 0 Å². The van der Waals surface area contributed by atoms with Crippen molar-refractivity contribution in [3.63, 3.8) is 0 Å². The summed E-state index contributed by atoms with van der Waals surface area (Å²) in [6, 6.07) is 9.30. The van der Waals surface area contributed by atoms with Crippen molar-refractivity contribution in [3.05, 3.63) is 52.9 Å². The molecule has 3 rings (SSSR count). The Morgan fingerprint density at radius 2 is 2.08 bits per heavy atom. The van der Waals surface area contributed by atoms with Crippen LogP contribution in [0.25, 0.3) is 0 Å². The van der Waals surface area contributed by atoms with Crippen molar-refractivity contribution in [2.45, 2.75) is 25.3 Å². The van der Waals surface area contributed by atoms with Crippen LogP contribution in [0.4, 0.5) is 0 Å². The van der Waals surface area contributed by atoms with E-state index in [4.69, 9.17) is 9.15 Å². The molecule has 1 saturated heterocycles. The number of rotatable bonds is 6. The van der Waals surface area contributed by atoms with Crippen molar-refractivity contribution in [1.82, 2.24) is 10.2 Å². The summed E-state index contributed by atoms with van der Waals surface area (Å²) in [6.07, 6.45) is 4.77. The van der Waals surface area contributed by atoms with Crippen molar-refractivity contribution in [3.8, 4) is 5.75 Å². The number of carbonyl (C=O) groups is 2. The molecule has 0 saturated carbocycles. The molecule has 26 heavy (non-hydrogen) atoms. The van der Waals surface area contributed by atoms with Gasteiger partial charge in [0.05, 0.1) is 24.9 Å². The molecule has 0 spiro atoms. The first-order chi connectivity index (χ1) is 12.6. The molecule has 0 unspecified atom stereocenters. The van der Waals surface area contributed by atoms with Crippen molar-refractivity contribution >= 4 is 27.7 Å². The van der Waals surface area contributed by atoms with Crippen LogP contribution in [0.5, 0.6) is 5.75 Å². The van der Waals surface area contributed by atoms with E-state index in [0.717, 1.165) is 23.1 Å². The van der Waals surface area contributed by atoms with Gasteiger partial charge in [0.25, 0.3) is 5.91 Å². The van der Waals surface area contributed by atoms with Gasteiger partial charge in [-0.25, -0.2) is 0 Å². The fraction of sp³-hybridized carbons (Fsp3) is 0.368. The number of halogens is 1. The predicted octanol–water partition coefficient (Wildman–Crippen LogP) is 3.23. The van der Waals surface area contributed by atoms with Gasteiger partial charge in [-0.2, -0.15) is 0 Å². The Bertz CT molecular complexity index is 740. The van der Waals surface area contributed by atoms with E-state index in [9.17, 15) is 9.59 Å². The standard InChI is InChI=1S/C19H21BrN2O4/c20-15-2-1-3-17(12-15)26-11-7-18(23)21-16-4-8-22(9-5-16)19(24)14-6-10-25-13-14/h1-3,6,10,12-13,16H,4-5,7-9,11H2,(H,21,23). The molecular formula is C19H21BrN2O4. The van der Waals surface area contributed by atoms with Crippen LogP contribution in [0.15, 0.2) is 51.7 Å². The van der Waals surface area contributed by atoms with Crippen molar-refractivity contribution in [1.29, 1.82) is 0 Å². The predicted molar refractivity (Wildman–Crippen MR) is 100 cm³/mol. The highest BCUT2D eigenvalue weighted by atomic mass is 79.9. The monoisotopic (exact) mass is 420 g/mol. The fourth-order valence-electron chi connectivity index (χ4n) is 2.91. The lowest BCUT2D eigenvalue weighted by molar-refractivity contribution is -0.122. The van der Waals surface area contributed by atoms with E-state index in [-0.39, 0.29) is 17.9 Å². The van der Waals surface area contributed by atoms with Gasteiger partial charge in [-0.1, -0.05) is 22.0 Å². The van der Waals surface area contributed by atoms with Gasteiger partial charge in [-0.05, 0) is 37.1 Å². The zero-order chi connectivity index (χ0) is 18.4. The third kappa shape index (κ3) is 5.11. The first kappa shape index (κ1) is 18.5. The summed E-state index contributed by atoms with van der Waals surface area (Å²) in [5.41, 5.74) is 0.567. The molecule has 1 fully saturated rings. The lowest BCUT2D eigenvalue weighted by atomic mass is 10.0. The minimum atomic E-state index is -0.0281. The fourth-order valence-corrected chi connectivity index (χ4v) is 3.29. The maximum atomic E-state index is 12.2. The molecule has 1 N–H and O–H groups in total. The molecule has 0 aliphatic carbocycles. The van der Waals surface area contributed by atoms with Gasteiger partial charge in [-0.3, -0.25) is 9.59 Å². The van der Waals surface area contributed by atoms with Gasteiger partial charge in [0.15, 0.2) is 0 Å². The number of amides is 2. The Kier molecular flexibility index (Phi) is 6.33. The quantitative estimate of drug-likeness (QED) is 0.778. The second-order valence-corrected chi connectivity index (χ2v) is 7.12. The summed E-state index contributed by atoms with van der Waals surface area (Å²) >= 11 is 3.38. The van der Waals surface area contributed by atoms with E-state index in [2.05, 4.69) is 21.2 Å². The number of nitrogens with one attached hydrogen (secondary N) is 1. The molecule has 0 atom stereocenters. The second-order valence-electron chi connectivity index (χ2n) is 6.20. The van der Waals surface area contributed by atoms with Gasteiger partial charge < -0.3 is 19.4 Å². The van der Waals surface area contributed by atoms with E-state index in [0.29, 0.717) is 31.7 Å². The molecule has 7 heteroatoms. The largest absolute Gasteiger partial charge is 0.493 e. The van der Waals surface area contributed by atoms with E-state index in [1.54, 1.807) is 11.0 Å². The molecule has 2 amide bonds. The lowest BCUT2D eigenvalue weighted by Crippen LogP contribution is -2.46.